The zero-order valence-corrected chi connectivity index (χ0v) is 10.6. The van der Waals surface area contributed by atoms with E-state index in [4.69, 9.17) is 5.73 Å². The van der Waals surface area contributed by atoms with E-state index in [1.807, 2.05) is 25.1 Å². The standard InChI is InChI=1S/C8H11N.C3H8.C2H7N/c1-2-9-8-6-4-3-5-7-8;1-3-2;1-2-3/h3-7,9H,2H2,1H3;3H2,1-2H3;2-3H2,1H3. The molecular weight excluding hydrogens is 184 g/mol. The highest BCUT2D eigenvalue weighted by molar-refractivity contribution is 5.41. The lowest BCUT2D eigenvalue weighted by molar-refractivity contribution is 1.09. The highest BCUT2D eigenvalue weighted by atomic mass is 14.8. The Hall–Kier alpha value is -1.02. The molecule has 1 rings (SSSR count). The second-order valence-electron chi connectivity index (χ2n) is 3.01. The Labute approximate surface area is 94.9 Å². The lowest BCUT2D eigenvalue weighted by Crippen LogP contribution is -1.94. The third-order valence-electron chi connectivity index (χ3n) is 1.15. The van der Waals surface area contributed by atoms with Crippen LogP contribution in [0.2, 0.25) is 0 Å². The van der Waals surface area contributed by atoms with Gasteiger partial charge in [-0.1, -0.05) is 45.4 Å². The highest BCUT2D eigenvalue weighted by Crippen LogP contribution is 2.02. The second kappa shape index (κ2) is 15.5. The van der Waals surface area contributed by atoms with E-state index in [0.29, 0.717) is 0 Å². The lowest BCUT2D eigenvalue weighted by atomic mass is 10.3. The van der Waals surface area contributed by atoms with Crippen LogP contribution in [0.1, 0.15) is 34.1 Å². The minimum Gasteiger partial charge on any atom is -0.385 e. The van der Waals surface area contributed by atoms with Gasteiger partial charge in [0.15, 0.2) is 0 Å². The van der Waals surface area contributed by atoms with Crippen molar-refractivity contribution in [1.82, 2.24) is 0 Å². The SMILES string of the molecule is CCC.CCN.CCNc1ccccc1. The summed E-state index contributed by atoms with van der Waals surface area (Å²) in [5, 5.41) is 3.21. The third-order valence-corrected chi connectivity index (χ3v) is 1.15. The fourth-order valence-electron chi connectivity index (χ4n) is 0.760. The Balaban J connectivity index is 0. The van der Waals surface area contributed by atoms with Crippen LogP contribution in [-0.4, -0.2) is 13.1 Å². The molecule has 15 heavy (non-hydrogen) atoms. The molecule has 2 nitrogen and oxygen atoms in total. The van der Waals surface area contributed by atoms with Crippen molar-refractivity contribution in [2.24, 2.45) is 5.73 Å². The van der Waals surface area contributed by atoms with E-state index in [1.165, 1.54) is 12.1 Å². The number of benzene rings is 1. The maximum absolute atomic E-state index is 4.85. The quantitative estimate of drug-likeness (QED) is 0.784. The van der Waals surface area contributed by atoms with Gasteiger partial charge in [-0.05, 0) is 25.6 Å². The Kier molecular flexibility index (Phi) is 16.9. The van der Waals surface area contributed by atoms with Crippen LogP contribution in [0.3, 0.4) is 0 Å². The first-order chi connectivity index (χ1) is 7.26. The third kappa shape index (κ3) is 15.7. The van der Waals surface area contributed by atoms with Crippen molar-refractivity contribution in [2.75, 3.05) is 18.4 Å². The fraction of sp³-hybridized carbons (Fsp3) is 0.538. The molecule has 88 valence electrons. The number of rotatable bonds is 2. The van der Waals surface area contributed by atoms with Crippen LogP contribution in [0, 0.1) is 0 Å². The molecule has 0 fully saturated rings. The average Bonchev–Trinajstić information content (AvgIpc) is 2.22. The summed E-state index contributed by atoms with van der Waals surface area (Å²) in [5.74, 6) is 0. The maximum atomic E-state index is 4.85. The number of anilines is 1. The molecule has 1 aromatic rings. The van der Waals surface area contributed by atoms with Gasteiger partial charge < -0.3 is 11.1 Å². The van der Waals surface area contributed by atoms with Gasteiger partial charge in [-0.2, -0.15) is 0 Å². The molecule has 1 aromatic carbocycles. The predicted octanol–water partition coefficient (Wildman–Crippen LogP) is 3.50. The normalized spacial score (nSPS) is 7.80. The van der Waals surface area contributed by atoms with Crippen LogP contribution >= 0.6 is 0 Å². The average molecular weight is 210 g/mol. The van der Waals surface area contributed by atoms with Crippen molar-refractivity contribution in [2.45, 2.75) is 34.1 Å². The number of nitrogens with one attached hydrogen (secondary N) is 1. The Morgan fingerprint density at radius 1 is 1.00 bits per heavy atom. The van der Waals surface area contributed by atoms with Crippen molar-refractivity contribution >= 4 is 5.69 Å². The van der Waals surface area contributed by atoms with Crippen molar-refractivity contribution in [1.29, 1.82) is 0 Å². The largest absolute Gasteiger partial charge is 0.385 e. The zero-order chi connectivity index (χ0) is 11.9. The molecule has 0 atom stereocenters. The molecule has 0 aromatic heterocycles. The summed E-state index contributed by atoms with van der Waals surface area (Å²) in [5.41, 5.74) is 6.04. The molecule has 0 aliphatic rings. The molecule has 3 N–H and O–H groups in total. The number of hydrogen-bond acceptors (Lipinski definition) is 2. The van der Waals surface area contributed by atoms with E-state index in [1.54, 1.807) is 0 Å². The first kappa shape index (κ1) is 16.4. The van der Waals surface area contributed by atoms with Gasteiger partial charge in [0.1, 0.15) is 0 Å². The van der Waals surface area contributed by atoms with Crippen molar-refractivity contribution in [3.63, 3.8) is 0 Å². The molecule has 0 amide bonds. The van der Waals surface area contributed by atoms with E-state index in [2.05, 4.69) is 38.2 Å². The summed E-state index contributed by atoms with van der Waals surface area (Å²) in [6.07, 6.45) is 1.25. The predicted molar refractivity (Wildman–Crippen MR) is 71.3 cm³/mol. The van der Waals surface area contributed by atoms with Gasteiger partial charge in [-0.3, -0.25) is 0 Å². The van der Waals surface area contributed by atoms with Crippen LogP contribution in [0.5, 0.6) is 0 Å². The summed E-state index contributed by atoms with van der Waals surface area (Å²) in [4.78, 5) is 0. The summed E-state index contributed by atoms with van der Waals surface area (Å²) in [6, 6.07) is 10.2. The van der Waals surface area contributed by atoms with Crippen LogP contribution in [-0.2, 0) is 0 Å². The minimum atomic E-state index is 0.750. The van der Waals surface area contributed by atoms with Crippen LogP contribution in [0.15, 0.2) is 30.3 Å². The number of nitrogens with two attached hydrogens (primary N) is 1. The molecule has 0 radical (unpaired) electrons. The molecular formula is C13H26N2. The van der Waals surface area contributed by atoms with Gasteiger partial charge in [0.2, 0.25) is 0 Å². The summed E-state index contributed by atoms with van der Waals surface area (Å²) in [6.45, 7) is 9.98. The maximum Gasteiger partial charge on any atom is 0.0340 e. The smallest absolute Gasteiger partial charge is 0.0340 e. The first-order valence-corrected chi connectivity index (χ1v) is 5.75. The summed E-state index contributed by atoms with van der Waals surface area (Å²) in [7, 11) is 0. The summed E-state index contributed by atoms with van der Waals surface area (Å²) < 4.78 is 0. The monoisotopic (exact) mass is 210 g/mol. The molecule has 0 aliphatic carbocycles. The van der Waals surface area contributed by atoms with E-state index in [9.17, 15) is 0 Å². The van der Waals surface area contributed by atoms with Crippen molar-refractivity contribution in [3.8, 4) is 0 Å². The number of para-hydroxylation sites is 1. The minimum absolute atomic E-state index is 0.750. The van der Waals surface area contributed by atoms with Crippen LogP contribution in [0.4, 0.5) is 5.69 Å². The lowest BCUT2D eigenvalue weighted by Gasteiger charge is -1.99. The Morgan fingerprint density at radius 2 is 1.40 bits per heavy atom. The topological polar surface area (TPSA) is 38.0 Å². The van der Waals surface area contributed by atoms with Gasteiger partial charge in [0, 0.05) is 12.2 Å². The van der Waals surface area contributed by atoms with Gasteiger partial charge in [0.25, 0.3) is 0 Å². The van der Waals surface area contributed by atoms with Crippen molar-refractivity contribution in [3.05, 3.63) is 30.3 Å². The molecule has 0 unspecified atom stereocenters. The van der Waals surface area contributed by atoms with Gasteiger partial charge >= 0.3 is 0 Å². The van der Waals surface area contributed by atoms with Gasteiger partial charge in [0.05, 0.1) is 0 Å². The van der Waals surface area contributed by atoms with Gasteiger partial charge in [-0.25, -0.2) is 0 Å². The zero-order valence-electron chi connectivity index (χ0n) is 10.6. The molecule has 0 heterocycles. The Bertz CT molecular complexity index is 183. The van der Waals surface area contributed by atoms with Crippen molar-refractivity contribution < 1.29 is 0 Å². The second-order valence-corrected chi connectivity index (χ2v) is 3.01. The molecule has 0 bridgehead atoms. The van der Waals surface area contributed by atoms with E-state index >= 15 is 0 Å². The van der Waals surface area contributed by atoms with Crippen LogP contribution < -0.4 is 11.1 Å². The Morgan fingerprint density at radius 3 is 1.73 bits per heavy atom. The van der Waals surface area contributed by atoms with E-state index < -0.39 is 0 Å². The fourth-order valence-corrected chi connectivity index (χ4v) is 0.760. The molecule has 0 saturated heterocycles. The van der Waals surface area contributed by atoms with Gasteiger partial charge in [-0.15, -0.1) is 0 Å². The first-order valence-electron chi connectivity index (χ1n) is 5.75. The van der Waals surface area contributed by atoms with E-state index in [-0.39, 0.29) is 0 Å². The number of hydrogen-bond donors (Lipinski definition) is 2. The molecule has 0 aliphatic heterocycles. The van der Waals surface area contributed by atoms with Crippen LogP contribution in [0.25, 0.3) is 0 Å². The summed E-state index contributed by atoms with van der Waals surface area (Å²) >= 11 is 0. The molecule has 0 spiro atoms. The highest BCUT2D eigenvalue weighted by Gasteiger charge is 1.81. The molecule has 0 saturated carbocycles. The van der Waals surface area contributed by atoms with E-state index in [0.717, 1.165) is 13.1 Å². The molecule has 2 heteroatoms.